The number of alkyl carbamates (subject to hydrolysis) is 1. The van der Waals surface area contributed by atoms with Crippen LogP contribution >= 0.6 is 11.6 Å². The zero-order chi connectivity index (χ0) is 24.9. The number of nitrogens with one attached hydrogen (secondary N) is 2. The summed E-state index contributed by atoms with van der Waals surface area (Å²) in [6.45, 7) is 7.68. The molecule has 1 aromatic heterocycles. The fourth-order valence-corrected chi connectivity index (χ4v) is 2.98. The first-order chi connectivity index (χ1) is 16.0. The maximum absolute atomic E-state index is 14.3. The van der Waals surface area contributed by atoms with Gasteiger partial charge in [0.05, 0.1) is 29.6 Å². The van der Waals surface area contributed by atoms with Crippen LogP contribution < -0.4 is 20.1 Å². The zero-order valence-corrected chi connectivity index (χ0v) is 20.4. The summed E-state index contributed by atoms with van der Waals surface area (Å²) in [6, 6.07) is 5.14. The van der Waals surface area contributed by atoms with Crippen molar-refractivity contribution in [1.82, 2.24) is 10.3 Å². The molecule has 0 saturated heterocycles. The monoisotopic (exact) mass is 493 g/mol. The molecular formula is C24H29ClFN3O5. The van der Waals surface area contributed by atoms with Crippen molar-refractivity contribution in [1.29, 1.82) is 0 Å². The van der Waals surface area contributed by atoms with Crippen LogP contribution in [0, 0.1) is 11.7 Å². The Hall–Kier alpha value is -3.07. The molecule has 0 spiro atoms. The minimum absolute atomic E-state index is 0.120. The van der Waals surface area contributed by atoms with Crippen LogP contribution in [0.15, 0.2) is 30.5 Å². The van der Waals surface area contributed by atoms with Crippen molar-refractivity contribution < 1.29 is 28.2 Å². The molecule has 3 rings (SSSR count). The summed E-state index contributed by atoms with van der Waals surface area (Å²) in [5.74, 6) is -0.312. The number of carbonyl (C=O) groups excluding carboxylic acids is 2. The van der Waals surface area contributed by atoms with E-state index in [1.54, 1.807) is 27.7 Å². The first-order valence-electron chi connectivity index (χ1n) is 11.0. The molecule has 1 saturated carbocycles. The van der Waals surface area contributed by atoms with Crippen molar-refractivity contribution in [3.05, 3.63) is 46.9 Å². The van der Waals surface area contributed by atoms with E-state index in [4.69, 9.17) is 25.8 Å². The van der Waals surface area contributed by atoms with Gasteiger partial charge >= 0.3 is 6.09 Å². The molecule has 10 heteroatoms. The molecule has 1 aliphatic carbocycles. The molecule has 1 atom stereocenters. The van der Waals surface area contributed by atoms with E-state index in [2.05, 4.69) is 15.6 Å². The predicted molar refractivity (Wildman–Crippen MR) is 126 cm³/mol. The highest BCUT2D eigenvalue weighted by molar-refractivity contribution is 6.34. The van der Waals surface area contributed by atoms with Gasteiger partial charge in [-0.25, -0.2) is 14.2 Å². The number of rotatable bonds is 9. The smallest absolute Gasteiger partial charge is 0.407 e. The van der Waals surface area contributed by atoms with Gasteiger partial charge in [-0.15, -0.1) is 0 Å². The number of amides is 2. The third-order valence-electron chi connectivity index (χ3n) is 4.69. The topological polar surface area (TPSA) is 98.8 Å². The molecule has 1 heterocycles. The number of benzene rings is 1. The Labute approximate surface area is 203 Å². The van der Waals surface area contributed by atoms with Crippen molar-refractivity contribution in [2.24, 2.45) is 5.92 Å². The lowest BCUT2D eigenvalue weighted by molar-refractivity contribution is 0.0493. The highest BCUT2D eigenvalue weighted by atomic mass is 35.5. The second kappa shape index (κ2) is 10.9. The van der Waals surface area contributed by atoms with Crippen molar-refractivity contribution in [2.45, 2.75) is 52.2 Å². The van der Waals surface area contributed by atoms with E-state index < -0.39 is 23.4 Å². The fraction of sp³-hybridized carbons (Fsp3) is 0.458. The summed E-state index contributed by atoms with van der Waals surface area (Å²) in [5.41, 5.74) is -0.236. The predicted octanol–water partition coefficient (Wildman–Crippen LogP) is 5.21. The van der Waals surface area contributed by atoms with Crippen LogP contribution in [0.4, 0.5) is 14.9 Å². The molecule has 1 aliphatic rings. The average Bonchev–Trinajstić information content (AvgIpc) is 3.56. The standard InChI is InChI=1S/C24H29ClFN3O5/c1-14(28-23(31)34-24(2,3)4)12-33-21-10-17(25)19(11-27-21)29-22(30)16-7-8-20(18(26)9-16)32-13-15-5-6-15/h7-11,14-15H,5-6,12-13H2,1-4H3,(H,28,31)(H,29,30)/t14-/m0/s1. The lowest BCUT2D eigenvalue weighted by atomic mass is 10.2. The zero-order valence-electron chi connectivity index (χ0n) is 19.6. The number of aromatic nitrogens is 1. The number of hydrogen-bond acceptors (Lipinski definition) is 6. The van der Waals surface area contributed by atoms with Gasteiger partial charge < -0.3 is 24.8 Å². The summed E-state index contributed by atoms with van der Waals surface area (Å²) < 4.78 is 30.5. The number of ether oxygens (including phenoxy) is 3. The Bertz CT molecular complexity index is 1040. The van der Waals surface area contributed by atoms with Gasteiger partial charge in [0.15, 0.2) is 11.6 Å². The summed E-state index contributed by atoms with van der Waals surface area (Å²) in [6.07, 6.45) is 2.99. The molecule has 2 N–H and O–H groups in total. The number of nitrogens with zero attached hydrogens (tertiary/aromatic N) is 1. The van der Waals surface area contributed by atoms with Crippen LogP contribution in [0.1, 0.15) is 50.9 Å². The van der Waals surface area contributed by atoms with E-state index in [9.17, 15) is 14.0 Å². The van der Waals surface area contributed by atoms with Gasteiger partial charge in [0, 0.05) is 11.6 Å². The fourth-order valence-electron chi connectivity index (χ4n) is 2.79. The Morgan fingerprint density at radius 3 is 2.59 bits per heavy atom. The van der Waals surface area contributed by atoms with E-state index >= 15 is 0 Å². The molecule has 2 amide bonds. The largest absolute Gasteiger partial charge is 0.490 e. The maximum atomic E-state index is 14.3. The van der Waals surface area contributed by atoms with Gasteiger partial charge in [-0.3, -0.25) is 4.79 Å². The van der Waals surface area contributed by atoms with Gasteiger partial charge in [-0.2, -0.15) is 0 Å². The highest BCUT2D eigenvalue weighted by Gasteiger charge is 2.23. The van der Waals surface area contributed by atoms with Crippen molar-refractivity contribution >= 4 is 29.3 Å². The number of halogens is 2. The van der Waals surface area contributed by atoms with Crippen LogP contribution in [-0.2, 0) is 4.74 Å². The summed E-state index contributed by atoms with van der Waals surface area (Å²) in [4.78, 5) is 28.4. The number of anilines is 1. The Kier molecular flexibility index (Phi) is 8.19. The molecule has 8 nitrogen and oxygen atoms in total. The molecule has 2 aromatic rings. The third-order valence-corrected chi connectivity index (χ3v) is 5.00. The molecule has 0 aliphatic heterocycles. The molecular weight excluding hydrogens is 465 g/mol. The van der Waals surface area contributed by atoms with E-state index in [1.807, 2.05) is 0 Å². The normalized spacial score (nSPS) is 14.2. The lowest BCUT2D eigenvalue weighted by Crippen LogP contribution is -2.40. The van der Waals surface area contributed by atoms with Crippen molar-refractivity contribution in [3.63, 3.8) is 0 Å². The number of pyridine rings is 1. The Morgan fingerprint density at radius 2 is 1.97 bits per heavy atom. The molecule has 0 bridgehead atoms. The SMILES string of the molecule is C[C@@H](COc1cc(Cl)c(NC(=O)c2ccc(OCC3CC3)c(F)c2)cn1)NC(=O)OC(C)(C)C. The van der Waals surface area contributed by atoms with E-state index in [1.165, 1.54) is 24.4 Å². The van der Waals surface area contributed by atoms with Crippen LogP contribution in [-0.4, -0.2) is 41.8 Å². The molecule has 0 radical (unpaired) electrons. The first kappa shape index (κ1) is 25.6. The molecule has 184 valence electrons. The minimum atomic E-state index is -0.601. The first-order valence-corrected chi connectivity index (χ1v) is 11.4. The van der Waals surface area contributed by atoms with Crippen LogP contribution in [0.5, 0.6) is 11.6 Å². The lowest BCUT2D eigenvalue weighted by Gasteiger charge is -2.22. The van der Waals surface area contributed by atoms with Crippen LogP contribution in [0.2, 0.25) is 5.02 Å². The van der Waals surface area contributed by atoms with Crippen LogP contribution in [0.25, 0.3) is 0 Å². The van der Waals surface area contributed by atoms with Crippen molar-refractivity contribution in [2.75, 3.05) is 18.5 Å². The van der Waals surface area contributed by atoms with Crippen LogP contribution in [0.3, 0.4) is 0 Å². The van der Waals surface area contributed by atoms with Gasteiger partial charge in [-0.05, 0) is 64.7 Å². The average molecular weight is 494 g/mol. The summed E-state index contributed by atoms with van der Waals surface area (Å²) in [7, 11) is 0. The molecule has 0 unspecified atom stereocenters. The highest BCUT2D eigenvalue weighted by Crippen LogP contribution is 2.30. The minimum Gasteiger partial charge on any atom is -0.490 e. The van der Waals surface area contributed by atoms with Gasteiger partial charge in [0.2, 0.25) is 5.88 Å². The van der Waals surface area contributed by atoms with Gasteiger partial charge in [0.1, 0.15) is 12.2 Å². The summed E-state index contributed by atoms with van der Waals surface area (Å²) >= 11 is 6.25. The molecule has 34 heavy (non-hydrogen) atoms. The third kappa shape index (κ3) is 8.06. The molecule has 1 aromatic carbocycles. The number of carbonyl (C=O) groups is 2. The second-order valence-corrected chi connectivity index (χ2v) is 9.62. The van der Waals surface area contributed by atoms with E-state index in [0.717, 1.165) is 18.9 Å². The maximum Gasteiger partial charge on any atom is 0.407 e. The summed E-state index contributed by atoms with van der Waals surface area (Å²) in [5, 5.41) is 5.45. The van der Waals surface area contributed by atoms with Gasteiger partial charge in [-0.1, -0.05) is 11.6 Å². The van der Waals surface area contributed by atoms with E-state index in [-0.39, 0.29) is 40.6 Å². The quantitative estimate of drug-likeness (QED) is 0.497. The van der Waals surface area contributed by atoms with E-state index in [0.29, 0.717) is 12.5 Å². The molecule has 1 fully saturated rings. The Balaban J connectivity index is 1.51. The van der Waals surface area contributed by atoms with Crippen molar-refractivity contribution in [3.8, 4) is 11.6 Å². The number of hydrogen-bond donors (Lipinski definition) is 2. The van der Waals surface area contributed by atoms with Gasteiger partial charge in [0.25, 0.3) is 5.91 Å². The Morgan fingerprint density at radius 1 is 1.24 bits per heavy atom. The second-order valence-electron chi connectivity index (χ2n) is 9.21.